The van der Waals surface area contributed by atoms with Gasteiger partial charge in [-0.2, -0.15) is 0 Å². The molecule has 2 rings (SSSR count). The fourth-order valence-electron chi connectivity index (χ4n) is 2.11. The minimum atomic E-state index is -3.16. The summed E-state index contributed by atoms with van der Waals surface area (Å²) >= 11 is 0. The normalized spacial score (nSPS) is 15.9. The molecule has 0 aliphatic carbocycles. The first-order chi connectivity index (χ1) is 8.47. The Balaban J connectivity index is 2.04. The first-order valence-electron chi connectivity index (χ1n) is 6.03. The Kier molecular flexibility index (Phi) is 3.71. The van der Waals surface area contributed by atoms with Crippen LogP contribution >= 0.6 is 0 Å². The maximum Gasteiger partial charge on any atom is 0.226 e. The van der Waals surface area contributed by atoms with Crippen LogP contribution < -0.4 is 0 Å². The van der Waals surface area contributed by atoms with E-state index in [1.807, 2.05) is 4.90 Å². The first kappa shape index (κ1) is 13.1. The number of benzene rings is 1. The topological polar surface area (TPSA) is 54.5 Å². The third kappa shape index (κ3) is 3.10. The van der Waals surface area contributed by atoms with Gasteiger partial charge < -0.3 is 4.90 Å². The van der Waals surface area contributed by atoms with Crippen LogP contribution in [0.3, 0.4) is 0 Å². The van der Waals surface area contributed by atoms with Crippen molar-refractivity contribution in [3.63, 3.8) is 0 Å². The smallest absolute Gasteiger partial charge is 0.226 e. The van der Waals surface area contributed by atoms with Gasteiger partial charge in [0.25, 0.3) is 0 Å². The lowest BCUT2D eigenvalue weighted by Crippen LogP contribution is -2.29. The number of hydrogen-bond acceptors (Lipinski definition) is 3. The number of carbonyl (C=O) groups excluding carboxylic acids is 1. The molecule has 98 valence electrons. The highest BCUT2D eigenvalue weighted by molar-refractivity contribution is 7.90. The van der Waals surface area contributed by atoms with Crippen LogP contribution in [0.15, 0.2) is 29.2 Å². The lowest BCUT2D eigenvalue weighted by molar-refractivity contribution is -0.129. The van der Waals surface area contributed by atoms with Gasteiger partial charge in [-0.1, -0.05) is 12.1 Å². The van der Waals surface area contributed by atoms with Gasteiger partial charge in [-0.3, -0.25) is 4.79 Å². The molecule has 1 saturated heterocycles. The maximum atomic E-state index is 11.9. The molecule has 1 fully saturated rings. The predicted molar refractivity (Wildman–Crippen MR) is 69.1 cm³/mol. The lowest BCUT2D eigenvalue weighted by Gasteiger charge is -2.15. The molecule has 18 heavy (non-hydrogen) atoms. The van der Waals surface area contributed by atoms with Crippen LogP contribution in [0.5, 0.6) is 0 Å². The molecule has 4 nitrogen and oxygen atoms in total. The Bertz CT molecular complexity index is 528. The molecule has 0 saturated carbocycles. The largest absolute Gasteiger partial charge is 0.342 e. The number of amides is 1. The highest BCUT2D eigenvalue weighted by Crippen LogP contribution is 2.13. The van der Waals surface area contributed by atoms with Crippen LogP contribution in [0.4, 0.5) is 0 Å². The van der Waals surface area contributed by atoms with Gasteiger partial charge in [-0.25, -0.2) is 8.42 Å². The number of rotatable bonds is 3. The van der Waals surface area contributed by atoms with E-state index in [1.54, 1.807) is 24.3 Å². The summed E-state index contributed by atoms with van der Waals surface area (Å²) in [6.45, 7) is 1.69. The van der Waals surface area contributed by atoms with Gasteiger partial charge in [0.15, 0.2) is 9.84 Å². The van der Waals surface area contributed by atoms with E-state index in [9.17, 15) is 13.2 Å². The van der Waals surface area contributed by atoms with E-state index in [2.05, 4.69) is 0 Å². The SMILES string of the molecule is CS(=O)(=O)c1ccc(CC(=O)N2CCCC2)cc1. The molecule has 5 heteroatoms. The molecule has 1 aromatic rings. The second-order valence-corrected chi connectivity index (χ2v) is 6.70. The molecule has 0 N–H and O–H groups in total. The van der Waals surface area contributed by atoms with Crippen molar-refractivity contribution < 1.29 is 13.2 Å². The molecule has 0 atom stereocenters. The summed E-state index contributed by atoms with van der Waals surface area (Å²) in [5, 5.41) is 0. The van der Waals surface area contributed by atoms with Crippen molar-refractivity contribution in [3.05, 3.63) is 29.8 Å². The van der Waals surface area contributed by atoms with Gasteiger partial charge in [0.2, 0.25) is 5.91 Å². The highest BCUT2D eigenvalue weighted by Gasteiger charge is 2.18. The zero-order chi connectivity index (χ0) is 13.2. The fraction of sp³-hybridized carbons (Fsp3) is 0.462. The predicted octanol–water partition coefficient (Wildman–Crippen LogP) is 1.26. The van der Waals surface area contributed by atoms with E-state index >= 15 is 0 Å². The molecule has 1 aliphatic rings. The van der Waals surface area contributed by atoms with Crippen molar-refractivity contribution in [1.29, 1.82) is 0 Å². The number of nitrogens with zero attached hydrogens (tertiary/aromatic N) is 1. The van der Waals surface area contributed by atoms with Gasteiger partial charge in [-0.15, -0.1) is 0 Å². The van der Waals surface area contributed by atoms with Crippen LogP contribution in [-0.4, -0.2) is 38.6 Å². The molecule has 0 unspecified atom stereocenters. The van der Waals surface area contributed by atoms with Crippen LogP contribution in [0.25, 0.3) is 0 Å². The third-order valence-corrected chi connectivity index (χ3v) is 4.29. The number of sulfone groups is 1. The Morgan fingerprint density at radius 1 is 1.17 bits per heavy atom. The molecular weight excluding hydrogens is 250 g/mol. The quantitative estimate of drug-likeness (QED) is 0.828. The average Bonchev–Trinajstić information content (AvgIpc) is 2.82. The highest BCUT2D eigenvalue weighted by atomic mass is 32.2. The first-order valence-corrected chi connectivity index (χ1v) is 7.93. The summed E-state index contributed by atoms with van der Waals surface area (Å²) in [6, 6.07) is 6.54. The van der Waals surface area contributed by atoms with Crippen molar-refractivity contribution in [2.75, 3.05) is 19.3 Å². The second kappa shape index (κ2) is 5.10. The van der Waals surface area contributed by atoms with Crippen molar-refractivity contribution >= 4 is 15.7 Å². The molecule has 1 aromatic carbocycles. The van der Waals surface area contributed by atoms with E-state index in [-0.39, 0.29) is 5.91 Å². The van der Waals surface area contributed by atoms with Crippen LogP contribution in [-0.2, 0) is 21.1 Å². The minimum Gasteiger partial charge on any atom is -0.342 e. The zero-order valence-electron chi connectivity index (χ0n) is 10.4. The second-order valence-electron chi connectivity index (χ2n) is 4.68. The van der Waals surface area contributed by atoms with Crippen LogP contribution in [0.1, 0.15) is 18.4 Å². The summed E-state index contributed by atoms with van der Waals surface area (Å²) in [5.41, 5.74) is 0.860. The zero-order valence-corrected chi connectivity index (χ0v) is 11.2. The Morgan fingerprint density at radius 3 is 2.22 bits per heavy atom. The number of likely N-dealkylation sites (tertiary alicyclic amines) is 1. The molecule has 0 spiro atoms. The summed E-state index contributed by atoms with van der Waals surface area (Å²) in [6.07, 6.45) is 3.69. The summed E-state index contributed by atoms with van der Waals surface area (Å²) in [5.74, 6) is 0.125. The van der Waals surface area contributed by atoms with E-state index in [1.165, 1.54) is 6.26 Å². The van der Waals surface area contributed by atoms with Gasteiger partial charge in [0, 0.05) is 19.3 Å². The van der Waals surface area contributed by atoms with Gasteiger partial charge in [0.1, 0.15) is 0 Å². The number of carbonyl (C=O) groups is 1. The Morgan fingerprint density at radius 2 is 1.72 bits per heavy atom. The van der Waals surface area contributed by atoms with E-state index in [4.69, 9.17) is 0 Å². The Labute approximate surface area is 108 Å². The molecule has 1 heterocycles. The lowest BCUT2D eigenvalue weighted by atomic mass is 10.1. The minimum absolute atomic E-state index is 0.125. The van der Waals surface area contributed by atoms with Gasteiger partial charge in [-0.05, 0) is 30.5 Å². The van der Waals surface area contributed by atoms with Crippen molar-refractivity contribution in [1.82, 2.24) is 4.90 Å². The standard InChI is InChI=1S/C13H17NO3S/c1-18(16,17)12-6-4-11(5-7-12)10-13(15)14-8-2-3-9-14/h4-7H,2-3,8-10H2,1H3. The van der Waals surface area contributed by atoms with Crippen molar-refractivity contribution in [2.24, 2.45) is 0 Å². The summed E-state index contributed by atoms with van der Waals surface area (Å²) < 4.78 is 22.6. The van der Waals surface area contributed by atoms with E-state index in [0.29, 0.717) is 11.3 Å². The Hall–Kier alpha value is -1.36. The van der Waals surface area contributed by atoms with Crippen LogP contribution in [0, 0.1) is 0 Å². The number of hydrogen-bond donors (Lipinski definition) is 0. The third-order valence-electron chi connectivity index (χ3n) is 3.17. The van der Waals surface area contributed by atoms with Crippen molar-refractivity contribution in [2.45, 2.75) is 24.2 Å². The maximum absolute atomic E-state index is 11.9. The summed E-state index contributed by atoms with van der Waals surface area (Å²) in [4.78, 5) is 14.1. The average molecular weight is 267 g/mol. The fourth-order valence-corrected chi connectivity index (χ4v) is 2.74. The summed E-state index contributed by atoms with van der Waals surface area (Å²) in [7, 11) is -3.16. The molecule has 0 bridgehead atoms. The molecular formula is C13H17NO3S. The van der Waals surface area contributed by atoms with Crippen LogP contribution in [0.2, 0.25) is 0 Å². The van der Waals surface area contributed by atoms with E-state index in [0.717, 1.165) is 31.5 Å². The van der Waals surface area contributed by atoms with Gasteiger partial charge in [0.05, 0.1) is 11.3 Å². The molecule has 1 amide bonds. The van der Waals surface area contributed by atoms with E-state index < -0.39 is 9.84 Å². The molecule has 0 radical (unpaired) electrons. The van der Waals surface area contributed by atoms with Gasteiger partial charge >= 0.3 is 0 Å². The monoisotopic (exact) mass is 267 g/mol. The molecule has 0 aromatic heterocycles. The molecule has 1 aliphatic heterocycles. The van der Waals surface area contributed by atoms with Crippen molar-refractivity contribution in [3.8, 4) is 0 Å².